The molecule has 3 rings (SSSR count). The summed E-state index contributed by atoms with van der Waals surface area (Å²) in [5.74, 6) is -0.475. The van der Waals surface area contributed by atoms with Gasteiger partial charge in [-0.2, -0.15) is 0 Å². The van der Waals surface area contributed by atoms with E-state index in [2.05, 4.69) is 4.90 Å². The van der Waals surface area contributed by atoms with Crippen molar-refractivity contribution in [3.63, 3.8) is 0 Å². The molecule has 6 heteroatoms. The van der Waals surface area contributed by atoms with Gasteiger partial charge in [0.05, 0.1) is 31.5 Å². The first-order valence-corrected chi connectivity index (χ1v) is 7.43. The van der Waals surface area contributed by atoms with Crippen LogP contribution in [0.1, 0.15) is 19.3 Å². The summed E-state index contributed by atoms with van der Waals surface area (Å²) in [4.78, 5) is 2.26. The predicted molar refractivity (Wildman–Crippen MR) is 71.4 cm³/mol. The Labute approximate surface area is 119 Å². The molecule has 0 aromatic carbocycles. The fourth-order valence-electron chi connectivity index (χ4n) is 3.74. The van der Waals surface area contributed by atoms with Crippen LogP contribution in [0.4, 0.5) is 0 Å². The number of aliphatic hydroxyl groups excluding tert-OH is 1. The summed E-state index contributed by atoms with van der Waals surface area (Å²) in [6, 6.07) is 0.0552. The highest BCUT2D eigenvalue weighted by Crippen LogP contribution is 2.39. The third-order valence-electron chi connectivity index (χ3n) is 4.92. The molecule has 2 aliphatic heterocycles. The van der Waals surface area contributed by atoms with E-state index in [9.17, 15) is 5.11 Å². The van der Waals surface area contributed by atoms with Crippen molar-refractivity contribution in [2.75, 3.05) is 40.5 Å². The van der Waals surface area contributed by atoms with Crippen molar-refractivity contribution in [2.24, 2.45) is 0 Å². The Bertz CT molecular complexity index is 322. The first kappa shape index (κ1) is 14.7. The van der Waals surface area contributed by atoms with Crippen molar-refractivity contribution in [2.45, 2.75) is 49.4 Å². The smallest absolute Gasteiger partial charge is 0.170 e. The lowest BCUT2D eigenvalue weighted by molar-refractivity contribution is -0.204. The number of rotatable bonds is 3. The Morgan fingerprint density at radius 2 is 1.70 bits per heavy atom. The van der Waals surface area contributed by atoms with E-state index in [0.29, 0.717) is 13.2 Å². The van der Waals surface area contributed by atoms with Crippen molar-refractivity contribution in [1.82, 2.24) is 4.90 Å². The normalized spacial score (nSPS) is 41.5. The molecule has 1 spiro atoms. The third kappa shape index (κ3) is 2.61. The van der Waals surface area contributed by atoms with Gasteiger partial charge in [-0.15, -0.1) is 0 Å². The summed E-state index contributed by atoms with van der Waals surface area (Å²) in [5, 5.41) is 10.4. The lowest BCUT2D eigenvalue weighted by Crippen LogP contribution is -2.53. The SMILES string of the molecule is COC1CN(C2CC3(CCC2O)OCCO3)CC1OC. The quantitative estimate of drug-likeness (QED) is 0.788. The number of aliphatic hydroxyl groups is 1. The van der Waals surface area contributed by atoms with E-state index in [0.717, 1.165) is 32.4 Å². The molecule has 2 saturated heterocycles. The number of nitrogens with zero attached hydrogens (tertiary/aromatic N) is 1. The van der Waals surface area contributed by atoms with Crippen LogP contribution in [0.3, 0.4) is 0 Å². The minimum absolute atomic E-state index is 0.0552. The molecule has 20 heavy (non-hydrogen) atoms. The summed E-state index contributed by atoms with van der Waals surface area (Å²) < 4.78 is 22.6. The van der Waals surface area contributed by atoms with E-state index in [1.807, 2.05) is 0 Å². The zero-order valence-corrected chi connectivity index (χ0v) is 12.3. The number of methoxy groups -OCH3 is 2. The average Bonchev–Trinajstić information content (AvgIpc) is 3.08. The van der Waals surface area contributed by atoms with Crippen LogP contribution in [-0.4, -0.2) is 80.7 Å². The van der Waals surface area contributed by atoms with Gasteiger partial charge in [0, 0.05) is 46.2 Å². The van der Waals surface area contributed by atoms with E-state index >= 15 is 0 Å². The van der Waals surface area contributed by atoms with E-state index < -0.39 is 5.79 Å². The topological polar surface area (TPSA) is 60.4 Å². The van der Waals surface area contributed by atoms with E-state index in [1.54, 1.807) is 14.2 Å². The number of likely N-dealkylation sites (tertiary alicyclic amines) is 1. The fraction of sp³-hybridized carbons (Fsp3) is 1.00. The largest absolute Gasteiger partial charge is 0.391 e. The Balaban J connectivity index is 1.68. The van der Waals surface area contributed by atoms with Gasteiger partial charge in [0.2, 0.25) is 0 Å². The first-order valence-electron chi connectivity index (χ1n) is 7.43. The second kappa shape index (κ2) is 5.87. The molecule has 116 valence electrons. The molecule has 0 radical (unpaired) electrons. The van der Waals surface area contributed by atoms with Gasteiger partial charge in [0.25, 0.3) is 0 Å². The molecule has 1 N–H and O–H groups in total. The molecule has 0 amide bonds. The van der Waals surface area contributed by atoms with E-state index in [-0.39, 0.29) is 24.4 Å². The molecule has 3 aliphatic rings. The molecular formula is C14H25NO5. The molecule has 0 aromatic rings. The Kier molecular flexibility index (Phi) is 4.31. The lowest BCUT2D eigenvalue weighted by Gasteiger charge is -2.42. The Morgan fingerprint density at radius 3 is 2.25 bits per heavy atom. The molecule has 1 saturated carbocycles. The van der Waals surface area contributed by atoms with Crippen LogP contribution < -0.4 is 0 Å². The van der Waals surface area contributed by atoms with Gasteiger partial charge in [-0.1, -0.05) is 0 Å². The summed E-state index contributed by atoms with van der Waals surface area (Å²) in [6.07, 6.45) is 2.02. The fourth-order valence-corrected chi connectivity index (χ4v) is 3.74. The van der Waals surface area contributed by atoms with Gasteiger partial charge < -0.3 is 24.1 Å². The van der Waals surface area contributed by atoms with Gasteiger partial charge in [-0.25, -0.2) is 0 Å². The van der Waals surface area contributed by atoms with E-state index in [4.69, 9.17) is 18.9 Å². The maximum atomic E-state index is 10.4. The first-order chi connectivity index (χ1) is 9.67. The summed E-state index contributed by atoms with van der Waals surface area (Å²) in [7, 11) is 3.42. The predicted octanol–water partition coefficient (Wildman–Crippen LogP) is -0.0115. The number of hydrogen-bond acceptors (Lipinski definition) is 6. The van der Waals surface area contributed by atoms with Crippen LogP contribution >= 0.6 is 0 Å². The number of ether oxygens (including phenoxy) is 4. The molecule has 3 fully saturated rings. The van der Waals surface area contributed by atoms with Crippen LogP contribution in [0.15, 0.2) is 0 Å². The van der Waals surface area contributed by atoms with Crippen LogP contribution in [0.5, 0.6) is 0 Å². The highest BCUT2D eigenvalue weighted by atomic mass is 16.7. The summed E-state index contributed by atoms with van der Waals surface area (Å²) in [5.41, 5.74) is 0. The molecule has 4 atom stereocenters. The van der Waals surface area contributed by atoms with Gasteiger partial charge >= 0.3 is 0 Å². The number of hydrogen-bond donors (Lipinski definition) is 1. The van der Waals surface area contributed by atoms with Gasteiger partial charge in [-0.05, 0) is 6.42 Å². The summed E-state index contributed by atoms with van der Waals surface area (Å²) in [6.45, 7) is 2.88. The van der Waals surface area contributed by atoms with Crippen molar-refractivity contribution in [1.29, 1.82) is 0 Å². The Morgan fingerprint density at radius 1 is 1.10 bits per heavy atom. The van der Waals surface area contributed by atoms with Crippen molar-refractivity contribution >= 4 is 0 Å². The second-order valence-corrected chi connectivity index (χ2v) is 5.99. The molecule has 0 aromatic heterocycles. The zero-order valence-electron chi connectivity index (χ0n) is 12.3. The third-order valence-corrected chi connectivity index (χ3v) is 4.92. The molecular weight excluding hydrogens is 262 g/mol. The highest BCUT2D eigenvalue weighted by molar-refractivity contribution is 4.98. The maximum absolute atomic E-state index is 10.4. The highest BCUT2D eigenvalue weighted by Gasteiger charge is 2.48. The van der Waals surface area contributed by atoms with E-state index in [1.165, 1.54) is 0 Å². The van der Waals surface area contributed by atoms with Crippen LogP contribution in [-0.2, 0) is 18.9 Å². The minimum atomic E-state index is -0.475. The molecule has 2 heterocycles. The van der Waals surface area contributed by atoms with Crippen molar-refractivity contribution in [3.8, 4) is 0 Å². The molecule has 4 unspecified atom stereocenters. The van der Waals surface area contributed by atoms with Gasteiger partial charge in [0.1, 0.15) is 0 Å². The summed E-state index contributed by atoms with van der Waals surface area (Å²) >= 11 is 0. The average molecular weight is 287 g/mol. The Hall–Kier alpha value is -0.240. The standard InChI is InChI=1S/C14H25NO5/c1-17-12-8-15(9-13(12)18-2)10-7-14(4-3-11(10)16)19-5-6-20-14/h10-13,16H,3-9H2,1-2H3. The minimum Gasteiger partial charge on any atom is -0.391 e. The maximum Gasteiger partial charge on any atom is 0.170 e. The van der Waals surface area contributed by atoms with Crippen molar-refractivity contribution < 1.29 is 24.1 Å². The lowest BCUT2D eigenvalue weighted by atomic mass is 9.86. The second-order valence-electron chi connectivity index (χ2n) is 5.99. The zero-order chi connectivity index (χ0) is 14.2. The van der Waals surface area contributed by atoms with Crippen LogP contribution in [0.25, 0.3) is 0 Å². The van der Waals surface area contributed by atoms with Crippen LogP contribution in [0.2, 0.25) is 0 Å². The van der Waals surface area contributed by atoms with Crippen LogP contribution in [0, 0.1) is 0 Å². The molecule has 1 aliphatic carbocycles. The molecule has 0 bridgehead atoms. The van der Waals surface area contributed by atoms with Crippen molar-refractivity contribution in [3.05, 3.63) is 0 Å². The molecule has 6 nitrogen and oxygen atoms in total. The van der Waals surface area contributed by atoms with Gasteiger partial charge in [-0.3, -0.25) is 4.90 Å². The van der Waals surface area contributed by atoms with Gasteiger partial charge in [0.15, 0.2) is 5.79 Å². The monoisotopic (exact) mass is 287 g/mol.